The van der Waals surface area contributed by atoms with E-state index in [0.717, 1.165) is 22.3 Å². The summed E-state index contributed by atoms with van der Waals surface area (Å²) in [5.41, 5.74) is 2.56. The van der Waals surface area contributed by atoms with Crippen molar-refractivity contribution in [3.8, 4) is 11.3 Å². The molecule has 0 aliphatic rings. The Labute approximate surface area is 148 Å². The van der Waals surface area contributed by atoms with Crippen LogP contribution in [0, 0.1) is 5.82 Å². The largest absolute Gasteiger partial charge is 0.352 e. The van der Waals surface area contributed by atoms with Crippen LogP contribution in [0.25, 0.3) is 22.0 Å². The van der Waals surface area contributed by atoms with E-state index in [0.29, 0.717) is 11.3 Å². The van der Waals surface area contributed by atoms with Gasteiger partial charge in [0.05, 0.1) is 11.4 Å². The van der Waals surface area contributed by atoms with Crippen LogP contribution < -0.4 is 5.32 Å². The lowest BCUT2D eigenvalue weighted by Crippen LogP contribution is -2.18. The Kier molecular flexibility index (Phi) is 4.46. The first-order valence-corrected chi connectivity index (χ1v) is 8.59. The second-order valence-electron chi connectivity index (χ2n) is 7.65. The van der Waals surface area contributed by atoms with Gasteiger partial charge in [-0.15, -0.1) is 0 Å². The normalized spacial score (nSPS) is 12.0. The summed E-state index contributed by atoms with van der Waals surface area (Å²) in [6.45, 7) is 10.5. The summed E-state index contributed by atoms with van der Waals surface area (Å²) in [5, 5.41) is 4.75. The van der Waals surface area contributed by atoms with Gasteiger partial charge in [0.15, 0.2) is 0 Å². The summed E-state index contributed by atoms with van der Waals surface area (Å²) in [7, 11) is 0. The zero-order chi connectivity index (χ0) is 18.2. The molecule has 1 N–H and O–H groups in total. The van der Waals surface area contributed by atoms with Crippen molar-refractivity contribution in [2.24, 2.45) is 0 Å². The standard InChI is InChI=1S/C21H24FN3/c1-13(2)23-20-24-18(12-19(25-20)21(3,4)5)16-10-11-17(22)15-9-7-6-8-14(15)16/h6-13H,1-5H3,(H,23,24,25). The monoisotopic (exact) mass is 337 g/mol. The van der Waals surface area contributed by atoms with E-state index in [2.05, 4.69) is 44.9 Å². The molecule has 25 heavy (non-hydrogen) atoms. The molecule has 1 aromatic heterocycles. The third kappa shape index (κ3) is 3.63. The topological polar surface area (TPSA) is 37.8 Å². The summed E-state index contributed by atoms with van der Waals surface area (Å²) < 4.78 is 14.2. The fourth-order valence-corrected chi connectivity index (χ4v) is 2.78. The highest BCUT2D eigenvalue weighted by atomic mass is 19.1. The minimum atomic E-state index is -0.218. The van der Waals surface area contributed by atoms with Gasteiger partial charge in [-0.3, -0.25) is 0 Å². The van der Waals surface area contributed by atoms with Crippen molar-refractivity contribution < 1.29 is 4.39 Å². The van der Waals surface area contributed by atoms with E-state index in [1.165, 1.54) is 6.07 Å². The lowest BCUT2D eigenvalue weighted by Gasteiger charge is -2.21. The molecule has 130 valence electrons. The Balaban J connectivity index is 2.25. The lowest BCUT2D eigenvalue weighted by atomic mass is 9.90. The number of hydrogen-bond donors (Lipinski definition) is 1. The maximum atomic E-state index is 14.2. The molecule has 0 aliphatic heterocycles. The average molecular weight is 337 g/mol. The molecule has 3 nitrogen and oxygen atoms in total. The first-order chi connectivity index (χ1) is 11.8. The highest BCUT2D eigenvalue weighted by Crippen LogP contribution is 2.32. The highest BCUT2D eigenvalue weighted by molar-refractivity contribution is 5.96. The minimum absolute atomic E-state index is 0.110. The van der Waals surface area contributed by atoms with Gasteiger partial charge in [-0.1, -0.05) is 45.0 Å². The maximum Gasteiger partial charge on any atom is 0.223 e. The smallest absolute Gasteiger partial charge is 0.223 e. The third-order valence-electron chi connectivity index (χ3n) is 4.06. The molecule has 2 aromatic carbocycles. The molecule has 0 aliphatic carbocycles. The van der Waals surface area contributed by atoms with Crippen molar-refractivity contribution in [2.45, 2.75) is 46.1 Å². The number of halogens is 1. The molecule has 0 atom stereocenters. The molecule has 1 heterocycles. The molecule has 0 fully saturated rings. The number of fused-ring (bicyclic) bond motifs is 1. The van der Waals surface area contributed by atoms with Gasteiger partial charge < -0.3 is 5.32 Å². The zero-order valence-electron chi connectivity index (χ0n) is 15.4. The van der Waals surface area contributed by atoms with Crippen molar-refractivity contribution in [3.05, 3.63) is 54.0 Å². The van der Waals surface area contributed by atoms with Gasteiger partial charge in [0.25, 0.3) is 0 Å². The van der Waals surface area contributed by atoms with E-state index >= 15 is 0 Å². The molecule has 3 aromatic rings. The van der Waals surface area contributed by atoms with Crippen molar-refractivity contribution in [1.82, 2.24) is 9.97 Å². The summed E-state index contributed by atoms with van der Waals surface area (Å²) >= 11 is 0. The zero-order valence-corrected chi connectivity index (χ0v) is 15.4. The summed E-state index contributed by atoms with van der Waals surface area (Å²) in [6.07, 6.45) is 0. The van der Waals surface area contributed by atoms with Gasteiger partial charge >= 0.3 is 0 Å². The quantitative estimate of drug-likeness (QED) is 0.680. The fraction of sp³-hybridized carbons (Fsp3) is 0.333. The second-order valence-corrected chi connectivity index (χ2v) is 7.65. The third-order valence-corrected chi connectivity index (χ3v) is 4.06. The van der Waals surface area contributed by atoms with Crippen molar-refractivity contribution in [2.75, 3.05) is 5.32 Å². The van der Waals surface area contributed by atoms with Gasteiger partial charge in [0.1, 0.15) is 5.82 Å². The maximum absolute atomic E-state index is 14.2. The molecule has 4 heteroatoms. The van der Waals surface area contributed by atoms with E-state index < -0.39 is 0 Å². The van der Waals surface area contributed by atoms with Crippen molar-refractivity contribution >= 4 is 16.7 Å². The predicted octanol–water partition coefficient (Wildman–Crippen LogP) is 5.55. The van der Waals surface area contributed by atoms with Gasteiger partial charge in [0.2, 0.25) is 5.95 Å². The SMILES string of the molecule is CC(C)Nc1nc(-c2ccc(F)c3ccccc23)cc(C(C)(C)C)n1. The first-order valence-electron chi connectivity index (χ1n) is 8.59. The summed E-state index contributed by atoms with van der Waals surface area (Å²) in [5.74, 6) is 0.385. The molecule has 3 rings (SSSR count). The van der Waals surface area contributed by atoms with E-state index in [4.69, 9.17) is 4.98 Å². The predicted molar refractivity (Wildman–Crippen MR) is 102 cm³/mol. The molecule has 0 radical (unpaired) electrons. The minimum Gasteiger partial charge on any atom is -0.352 e. The molecule has 0 amide bonds. The van der Waals surface area contributed by atoms with Crippen LogP contribution >= 0.6 is 0 Å². The van der Waals surface area contributed by atoms with Crippen LogP contribution in [0.4, 0.5) is 10.3 Å². The Hall–Kier alpha value is -2.49. The number of nitrogens with one attached hydrogen (secondary N) is 1. The molecule has 0 unspecified atom stereocenters. The van der Waals surface area contributed by atoms with Crippen LogP contribution in [0.2, 0.25) is 0 Å². The number of rotatable bonds is 3. The van der Waals surface area contributed by atoms with E-state index in [-0.39, 0.29) is 17.3 Å². The van der Waals surface area contributed by atoms with Crippen LogP contribution in [-0.4, -0.2) is 16.0 Å². The number of anilines is 1. The number of hydrogen-bond acceptors (Lipinski definition) is 3. The Morgan fingerprint density at radius 1 is 0.960 bits per heavy atom. The molecule has 0 bridgehead atoms. The van der Waals surface area contributed by atoms with Crippen LogP contribution in [-0.2, 0) is 5.41 Å². The number of nitrogens with zero attached hydrogens (tertiary/aromatic N) is 2. The van der Waals surface area contributed by atoms with E-state index in [1.54, 1.807) is 12.1 Å². The number of benzene rings is 2. The summed E-state index contributed by atoms with van der Waals surface area (Å²) in [6, 6.07) is 13.0. The van der Waals surface area contributed by atoms with Crippen LogP contribution in [0.3, 0.4) is 0 Å². The molecule has 0 spiro atoms. The average Bonchev–Trinajstić information content (AvgIpc) is 2.54. The van der Waals surface area contributed by atoms with E-state index in [9.17, 15) is 4.39 Å². The second kappa shape index (κ2) is 6.43. The van der Waals surface area contributed by atoms with Crippen LogP contribution in [0.5, 0.6) is 0 Å². The van der Waals surface area contributed by atoms with Crippen molar-refractivity contribution in [3.63, 3.8) is 0 Å². The Morgan fingerprint density at radius 2 is 1.64 bits per heavy atom. The Bertz CT molecular complexity index is 911. The molecular weight excluding hydrogens is 313 g/mol. The first kappa shape index (κ1) is 17.3. The van der Waals surface area contributed by atoms with Crippen LogP contribution in [0.15, 0.2) is 42.5 Å². The fourth-order valence-electron chi connectivity index (χ4n) is 2.78. The van der Waals surface area contributed by atoms with Crippen LogP contribution in [0.1, 0.15) is 40.3 Å². The molecule has 0 saturated heterocycles. The Morgan fingerprint density at radius 3 is 2.28 bits per heavy atom. The van der Waals surface area contributed by atoms with Gasteiger partial charge in [-0.25, -0.2) is 14.4 Å². The molecular formula is C21H24FN3. The number of aromatic nitrogens is 2. The summed E-state index contributed by atoms with van der Waals surface area (Å²) in [4.78, 5) is 9.36. The molecule has 0 saturated carbocycles. The van der Waals surface area contributed by atoms with Gasteiger partial charge in [-0.2, -0.15) is 0 Å². The van der Waals surface area contributed by atoms with Gasteiger partial charge in [-0.05, 0) is 37.4 Å². The van der Waals surface area contributed by atoms with E-state index in [1.807, 2.05) is 24.3 Å². The highest BCUT2D eigenvalue weighted by Gasteiger charge is 2.20. The van der Waals surface area contributed by atoms with Gasteiger partial charge in [0, 0.05) is 22.4 Å². The lowest BCUT2D eigenvalue weighted by molar-refractivity contribution is 0.567. The van der Waals surface area contributed by atoms with Crippen molar-refractivity contribution in [1.29, 1.82) is 0 Å².